The van der Waals surface area contributed by atoms with Crippen LogP contribution in [-0.2, 0) is 0 Å². The molecule has 0 aromatic heterocycles. The van der Waals surface area contributed by atoms with E-state index in [-0.39, 0.29) is 6.71 Å². The summed E-state index contributed by atoms with van der Waals surface area (Å²) < 4.78 is 0. The van der Waals surface area contributed by atoms with Gasteiger partial charge in [0.15, 0.2) is 0 Å². The van der Waals surface area contributed by atoms with E-state index in [2.05, 4.69) is 149 Å². The van der Waals surface area contributed by atoms with Crippen LogP contribution in [0.15, 0.2) is 145 Å². The van der Waals surface area contributed by atoms with Gasteiger partial charge in [-0.05, 0) is 70.3 Å². The third-order valence-corrected chi connectivity index (χ3v) is 9.04. The Kier molecular flexibility index (Phi) is 4.85. The lowest BCUT2D eigenvalue weighted by atomic mass is 9.33. The topological polar surface area (TPSA) is 6.48 Å². The van der Waals surface area contributed by atoms with E-state index in [4.69, 9.17) is 0 Å². The van der Waals surface area contributed by atoms with Crippen LogP contribution in [0.2, 0.25) is 0 Å². The minimum Gasteiger partial charge on any atom is -0.315 e. The standard InChI is InChI=1S/C38H27BN2/c1-3-15-28(16-4-1)40-34-22-12-11-21-32(34)39-33-24-23-26-13-7-9-19-30(26)37(33)41(29-17-5-2-6-18-29)35-25-27-14-8-10-20-31(27)38(40)36(35)39/h1-5,7-17,19-25H,6,18H2. The van der Waals surface area contributed by atoms with Crippen molar-refractivity contribution in [2.24, 2.45) is 0 Å². The minimum atomic E-state index is 0.136. The van der Waals surface area contributed by atoms with E-state index < -0.39 is 0 Å². The lowest BCUT2D eigenvalue weighted by Crippen LogP contribution is -2.61. The molecular weight excluding hydrogens is 495 g/mol. The summed E-state index contributed by atoms with van der Waals surface area (Å²) >= 11 is 0. The normalized spacial score (nSPS) is 15.0. The van der Waals surface area contributed by atoms with Crippen LogP contribution in [0.25, 0.3) is 21.5 Å². The molecular formula is C38H27BN2. The molecule has 0 spiro atoms. The molecule has 3 heteroatoms. The molecule has 6 aromatic carbocycles. The van der Waals surface area contributed by atoms with Gasteiger partial charge in [-0.25, -0.2) is 0 Å². The van der Waals surface area contributed by atoms with Crippen LogP contribution in [0.3, 0.4) is 0 Å². The largest absolute Gasteiger partial charge is 0.315 e. The molecule has 2 nitrogen and oxygen atoms in total. The molecule has 0 saturated heterocycles. The van der Waals surface area contributed by atoms with E-state index in [0.29, 0.717) is 0 Å². The lowest BCUT2D eigenvalue weighted by Gasteiger charge is -2.45. The van der Waals surface area contributed by atoms with Crippen molar-refractivity contribution < 1.29 is 0 Å². The molecule has 3 aliphatic rings. The van der Waals surface area contributed by atoms with E-state index in [1.54, 1.807) is 0 Å². The van der Waals surface area contributed by atoms with Crippen LogP contribution in [-0.4, -0.2) is 6.71 Å². The molecule has 0 bridgehead atoms. The van der Waals surface area contributed by atoms with Crippen LogP contribution in [0.5, 0.6) is 0 Å². The zero-order valence-corrected chi connectivity index (χ0v) is 22.7. The number of para-hydroxylation sites is 2. The molecule has 9 rings (SSSR count). The quantitative estimate of drug-likeness (QED) is 0.213. The summed E-state index contributed by atoms with van der Waals surface area (Å²) in [5.74, 6) is 0. The Morgan fingerprint density at radius 1 is 0.561 bits per heavy atom. The molecule has 2 aliphatic heterocycles. The zero-order chi connectivity index (χ0) is 26.9. The molecule has 0 N–H and O–H groups in total. The number of benzene rings is 6. The van der Waals surface area contributed by atoms with E-state index in [0.717, 1.165) is 12.8 Å². The van der Waals surface area contributed by atoms with Crippen molar-refractivity contribution in [1.29, 1.82) is 0 Å². The lowest BCUT2D eigenvalue weighted by molar-refractivity contribution is 0.921. The number of nitrogens with zero attached hydrogens (tertiary/aromatic N) is 2. The second-order valence-corrected chi connectivity index (χ2v) is 11.2. The SMILES string of the molecule is C1=CCCC(N2c3cc4ccccc4c4c3B(c3ccccc3N4c3ccccc3)c3ccc4ccccc4c32)=C1. The number of rotatable bonds is 2. The molecule has 0 radical (unpaired) electrons. The minimum absolute atomic E-state index is 0.136. The van der Waals surface area contributed by atoms with Crippen molar-refractivity contribution >= 4 is 73.1 Å². The Morgan fingerprint density at radius 3 is 2.12 bits per heavy atom. The van der Waals surface area contributed by atoms with Crippen LogP contribution in [0.1, 0.15) is 12.8 Å². The Bertz CT molecular complexity index is 2070. The van der Waals surface area contributed by atoms with Crippen molar-refractivity contribution in [1.82, 2.24) is 0 Å². The van der Waals surface area contributed by atoms with Gasteiger partial charge >= 0.3 is 0 Å². The maximum absolute atomic E-state index is 2.60. The van der Waals surface area contributed by atoms with E-state index >= 15 is 0 Å². The predicted octanol–water partition coefficient (Wildman–Crippen LogP) is 7.98. The highest BCUT2D eigenvalue weighted by molar-refractivity contribution is 7.00. The average molecular weight is 522 g/mol. The van der Waals surface area contributed by atoms with E-state index in [1.807, 2.05) is 0 Å². The number of hydrogen-bond acceptors (Lipinski definition) is 2. The summed E-state index contributed by atoms with van der Waals surface area (Å²) in [5, 5.41) is 5.14. The molecule has 0 saturated carbocycles. The Labute approximate surface area is 240 Å². The van der Waals surface area contributed by atoms with Gasteiger partial charge in [-0.15, -0.1) is 0 Å². The summed E-state index contributed by atoms with van der Waals surface area (Å²) in [6.07, 6.45) is 8.91. The van der Waals surface area contributed by atoms with E-state index in [9.17, 15) is 0 Å². The highest BCUT2D eigenvalue weighted by Crippen LogP contribution is 2.47. The molecule has 6 aromatic rings. The number of allylic oxidation sites excluding steroid dienone is 4. The van der Waals surface area contributed by atoms with Crippen molar-refractivity contribution in [2.45, 2.75) is 12.8 Å². The first kappa shape index (κ1) is 22.8. The molecule has 1 aliphatic carbocycles. The molecule has 2 heterocycles. The second kappa shape index (κ2) is 8.74. The summed E-state index contributed by atoms with van der Waals surface area (Å²) in [6, 6.07) is 44.9. The summed E-state index contributed by atoms with van der Waals surface area (Å²) in [6.45, 7) is 0.136. The molecule has 0 fully saturated rings. The van der Waals surface area contributed by atoms with Crippen molar-refractivity contribution in [3.63, 3.8) is 0 Å². The van der Waals surface area contributed by atoms with E-state index in [1.165, 1.54) is 72.1 Å². The Balaban J connectivity index is 1.48. The number of hydrogen-bond donors (Lipinski definition) is 0. The fraction of sp³-hybridized carbons (Fsp3) is 0.0526. The van der Waals surface area contributed by atoms with Gasteiger partial charge in [-0.3, -0.25) is 0 Å². The Hall–Kier alpha value is -5.02. The van der Waals surface area contributed by atoms with Gasteiger partial charge in [-0.2, -0.15) is 0 Å². The van der Waals surface area contributed by atoms with Gasteiger partial charge in [0.2, 0.25) is 0 Å². The van der Waals surface area contributed by atoms with Gasteiger partial charge in [-0.1, -0.05) is 109 Å². The predicted molar refractivity (Wildman–Crippen MR) is 176 cm³/mol. The fourth-order valence-electron chi connectivity index (χ4n) is 7.37. The first-order valence-electron chi connectivity index (χ1n) is 14.6. The van der Waals surface area contributed by atoms with Crippen molar-refractivity contribution in [3.8, 4) is 0 Å². The van der Waals surface area contributed by atoms with Gasteiger partial charge < -0.3 is 9.80 Å². The maximum Gasteiger partial charge on any atom is 0.252 e. The Morgan fingerprint density at radius 2 is 1.29 bits per heavy atom. The first-order chi connectivity index (χ1) is 20.4. The van der Waals surface area contributed by atoms with Crippen LogP contribution in [0, 0.1) is 0 Å². The van der Waals surface area contributed by atoms with Gasteiger partial charge in [0, 0.05) is 39.2 Å². The summed E-state index contributed by atoms with van der Waals surface area (Å²) in [4.78, 5) is 5.10. The van der Waals surface area contributed by atoms with Crippen LogP contribution in [0.4, 0.5) is 28.4 Å². The fourth-order valence-corrected chi connectivity index (χ4v) is 7.37. The maximum atomic E-state index is 2.60. The summed E-state index contributed by atoms with van der Waals surface area (Å²) in [5.41, 5.74) is 11.8. The van der Waals surface area contributed by atoms with Crippen LogP contribution < -0.4 is 26.2 Å². The smallest absolute Gasteiger partial charge is 0.252 e. The third-order valence-electron chi connectivity index (χ3n) is 9.04. The number of anilines is 5. The van der Waals surface area contributed by atoms with Crippen molar-refractivity contribution in [3.05, 3.63) is 145 Å². The number of fused-ring (bicyclic) bond motifs is 8. The third kappa shape index (κ3) is 3.20. The summed E-state index contributed by atoms with van der Waals surface area (Å²) in [7, 11) is 0. The first-order valence-corrected chi connectivity index (χ1v) is 14.6. The van der Waals surface area contributed by atoms with Crippen molar-refractivity contribution in [2.75, 3.05) is 9.80 Å². The van der Waals surface area contributed by atoms with Gasteiger partial charge in [0.1, 0.15) is 0 Å². The van der Waals surface area contributed by atoms with Gasteiger partial charge in [0.25, 0.3) is 6.71 Å². The molecule has 0 atom stereocenters. The molecule has 192 valence electrons. The second-order valence-electron chi connectivity index (χ2n) is 11.2. The van der Waals surface area contributed by atoms with Gasteiger partial charge in [0.05, 0.1) is 5.69 Å². The van der Waals surface area contributed by atoms with Crippen LogP contribution >= 0.6 is 0 Å². The highest BCUT2D eigenvalue weighted by atomic mass is 15.2. The molecule has 41 heavy (non-hydrogen) atoms. The average Bonchev–Trinajstić information content (AvgIpc) is 3.05. The molecule has 0 amide bonds. The zero-order valence-electron chi connectivity index (χ0n) is 22.7. The monoisotopic (exact) mass is 522 g/mol. The molecule has 0 unspecified atom stereocenters. The highest BCUT2D eigenvalue weighted by Gasteiger charge is 2.44.